The maximum absolute atomic E-state index is 13.3. The lowest BCUT2D eigenvalue weighted by Gasteiger charge is -2.23. The van der Waals surface area contributed by atoms with Crippen LogP contribution in [0.4, 0.5) is 0 Å². The molecular formula is C19H25O3P. The Morgan fingerprint density at radius 1 is 0.696 bits per heavy atom. The molecule has 0 amide bonds. The summed E-state index contributed by atoms with van der Waals surface area (Å²) >= 11 is 0. The van der Waals surface area contributed by atoms with E-state index < -0.39 is 7.60 Å². The molecule has 0 saturated heterocycles. The van der Waals surface area contributed by atoms with Crippen LogP contribution in [-0.2, 0) is 4.57 Å². The van der Waals surface area contributed by atoms with Crippen molar-refractivity contribution in [3.8, 4) is 11.5 Å². The van der Waals surface area contributed by atoms with Gasteiger partial charge in [-0.1, -0.05) is 12.1 Å². The Labute approximate surface area is 139 Å². The maximum Gasteiger partial charge on any atom is 0.433 e. The summed E-state index contributed by atoms with van der Waals surface area (Å²) in [4.78, 5) is 0. The second-order valence-electron chi connectivity index (χ2n) is 6.46. The van der Waals surface area contributed by atoms with Gasteiger partial charge in [-0.05, 0) is 88.1 Å². The second-order valence-corrected chi connectivity index (χ2v) is 8.94. The lowest BCUT2D eigenvalue weighted by molar-refractivity contribution is 0.376. The van der Waals surface area contributed by atoms with E-state index in [0.717, 1.165) is 22.3 Å². The van der Waals surface area contributed by atoms with E-state index in [-0.39, 0.29) is 5.66 Å². The Morgan fingerprint density at radius 3 is 1.26 bits per heavy atom. The molecule has 2 aromatic carbocycles. The molecular weight excluding hydrogens is 307 g/mol. The molecule has 3 nitrogen and oxygen atoms in total. The van der Waals surface area contributed by atoms with Crippen molar-refractivity contribution in [1.29, 1.82) is 0 Å². The van der Waals surface area contributed by atoms with Gasteiger partial charge < -0.3 is 9.05 Å². The van der Waals surface area contributed by atoms with Crippen molar-refractivity contribution in [1.82, 2.24) is 0 Å². The Bertz CT molecular complexity index is 652. The Kier molecular flexibility index (Phi) is 5.21. The molecule has 0 bridgehead atoms. The molecule has 124 valence electrons. The highest BCUT2D eigenvalue weighted by Gasteiger charge is 2.33. The molecule has 0 fully saturated rings. The maximum atomic E-state index is 13.3. The van der Waals surface area contributed by atoms with Crippen LogP contribution in [-0.4, -0.2) is 5.66 Å². The molecule has 0 atom stereocenters. The van der Waals surface area contributed by atoms with Crippen LogP contribution in [0.3, 0.4) is 0 Å². The molecule has 0 radical (unpaired) electrons. The van der Waals surface area contributed by atoms with Gasteiger partial charge in [-0.15, -0.1) is 0 Å². The number of hydrogen-bond acceptors (Lipinski definition) is 3. The van der Waals surface area contributed by atoms with Crippen LogP contribution >= 0.6 is 7.60 Å². The van der Waals surface area contributed by atoms with Crippen LogP contribution in [0, 0.1) is 27.7 Å². The third-order valence-electron chi connectivity index (χ3n) is 3.49. The van der Waals surface area contributed by atoms with Gasteiger partial charge in [0.25, 0.3) is 0 Å². The third kappa shape index (κ3) is 4.62. The first-order valence-corrected chi connectivity index (χ1v) is 9.44. The molecule has 2 aromatic rings. The summed E-state index contributed by atoms with van der Waals surface area (Å²) < 4.78 is 24.9. The first-order chi connectivity index (χ1) is 10.7. The largest absolute Gasteiger partial charge is 0.433 e. The van der Waals surface area contributed by atoms with E-state index in [1.165, 1.54) is 0 Å². The monoisotopic (exact) mass is 332 g/mol. The molecule has 0 saturated carbocycles. The summed E-state index contributed by atoms with van der Waals surface area (Å²) in [6.45, 7) is 11.7. The molecule has 2 rings (SSSR count). The SMILES string of the molecule is Cc1cc(C)cc(OP(=O)(Oc2cc(C)cc(C)c2)C(C)C)c1. The zero-order valence-corrected chi connectivity index (χ0v) is 15.6. The van der Waals surface area contributed by atoms with E-state index in [9.17, 15) is 4.57 Å². The molecule has 0 heterocycles. The number of hydrogen-bond donors (Lipinski definition) is 0. The minimum absolute atomic E-state index is 0.246. The highest BCUT2D eigenvalue weighted by Crippen LogP contribution is 2.52. The van der Waals surface area contributed by atoms with Gasteiger partial charge in [-0.25, -0.2) is 4.57 Å². The highest BCUT2D eigenvalue weighted by molar-refractivity contribution is 7.55. The van der Waals surface area contributed by atoms with Crippen LogP contribution in [0.2, 0.25) is 0 Å². The highest BCUT2D eigenvalue weighted by atomic mass is 31.2. The van der Waals surface area contributed by atoms with Crippen molar-refractivity contribution in [2.75, 3.05) is 0 Å². The van der Waals surface area contributed by atoms with Crippen LogP contribution < -0.4 is 9.05 Å². The van der Waals surface area contributed by atoms with Gasteiger partial charge >= 0.3 is 7.60 Å². The molecule has 23 heavy (non-hydrogen) atoms. The fourth-order valence-corrected chi connectivity index (χ4v) is 3.75. The Hall–Kier alpha value is -1.73. The van der Waals surface area contributed by atoms with Crippen molar-refractivity contribution in [2.24, 2.45) is 0 Å². The minimum Gasteiger partial charge on any atom is -0.416 e. The van der Waals surface area contributed by atoms with Gasteiger partial charge in [0.1, 0.15) is 11.5 Å². The Balaban J connectivity index is 2.33. The molecule has 0 spiro atoms. The molecule has 0 unspecified atom stereocenters. The normalized spacial score (nSPS) is 11.6. The zero-order valence-electron chi connectivity index (χ0n) is 14.7. The topological polar surface area (TPSA) is 35.5 Å². The predicted molar refractivity (Wildman–Crippen MR) is 95.8 cm³/mol. The van der Waals surface area contributed by atoms with Crippen LogP contribution in [0.25, 0.3) is 0 Å². The summed E-state index contributed by atoms with van der Waals surface area (Å²) in [5, 5.41) is 0. The van der Waals surface area contributed by atoms with E-state index in [4.69, 9.17) is 9.05 Å². The summed E-state index contributed by atoms with van der Waals surface area (Å²) in [7, 11) is -3.31. The Morgan fingerprint density at radius 2 is 1.00 bits per heavy atom. The van der Waals surface area contributed by atoms with Crippen LogP contribution in [0.15, 0.2) is 36.4 Å². The number of benzene rings is 2. The third-order valence-corrected chi connectivity index (χ3v) is 5.68. The molecule has 0 aliphatic rings. The van der Waals surface area contributed by atoms with E-state index in [1.54, 1.807) is 0 Å². The fourth-order valence-electron chi connectivity index (χ4n) is 2.49. The minimum atomic E-state index is -3.31. The fraction of sp³-hybridized carbons (Fsp3) is 0.368. The first-order valence-electron chi connectivity index (χ1n) is 7.83. The predicted octanol–water partition coefficient (Wildman–Crippen LogP) is 5.98. The standard InChI is InChI=1S/C19H25O3P/c1-13(2)23(20,21-18-9-14(3)7-15(4)10-18)22-19-11-16(5)8-17(6)12-19/h7-13H,1-6H3. The van der Waals surface area contributed by atoms with Gasteiger partial charge in [0.2, 0.25) is 0 Å². The zero-order chi connectivity index (χ0) is 17.2. The summed E-state index contributed by atoms with van der Waals surface area (Å²) in [5.41, 5.74) is 4.04. The summed E-state index contributed by atoms with van der Waals surface area (Å²) in [5.74, 6) is 1.17. The summed E-state index contributed by atoms with van der Waals surface area (Å²) in [6.07, 6.45) is 0. The van der Waals surface area contributed by atoms with Crippen LogP contribution in [0.5, 0.6) is 11.5 Å². The molecule has 4 heteroatoms. The lowest BCUT2D eigenvalue weighted by Crippen LogP contribution is -2.11. The van der Waals surface area contributed by atoms with Gasteiger partial charge in [-0.3, -0.25) is 0 Å². The van der Waals surface area contributed by atoms with Gasteiger partial charge in [-0.2, -0.15) is 0 Å². The van der Waals surface area contributed by atoms with E-state index in [0.29, 0.717) is 11.5 Å². The first kappa shape index (κ1) is 17.6. The second kappa shape index (κ2) is 6.80. The lowest BCUT2D eigenvalue weighted by atomic mass is 10.1. The van der Waals surface area contributed by atoms with E-state index in [1.807, 2.05) is 65.8 Å². The van der Waals surface area contributed by atoms with Crippen LogP contribution in [0.1, 0.15) is 36.1 Å². The molecule has 0 aliphatic carbocycles. The van der Waals surface area contributed by atoms with Gasteiger partial charge in [0.15, 0.2) is 0 Å². The molecule has 0 N–H and O–H groups in total. The molecule has 0 aromatic heterocycles. The van der Waals surface area contributed by atoms with Crippen molar-refractivity contribution < 1.29 is 13.6 Å². The van der Waals surface area contributed by atoms with E-state index in [2.05, 4.69) is 12.1 Å². The summed E-state index contributed by atoms with van der Waals surface area (Å²) in [6, 6.07) is 11.6. The van der Waals surface area contributed by atoms with Gasteiger partial charge in [0, 0.05) is 0 Å². The average Bonchev–Trinajstić information content (AvgIpc) is 2.35. The smallest absolute Gasteiger partial charge is 0.416 e. The molecule has 0 aliphatic heterocycles. The van der Waals surface area contributed by atoms with Gasteiger partial charge in [0.05, 0.1) is 5.66 Å². The average molecular weight is 332 g/mol. The number of aryl methyl sites for hydroxylation is 4. The van der Waals surface area contributed by atoms with Crippen molar-refractivity contribution in [3.05, 3.63) is 58.7 Å². The quantitative estimate of drug-likeness (QED) is 0.632. The van der Waals surface area contributed by atoms with E-state index >= 15 is 0 Å². The van der Waals surface area contributed by atoms with Crippen molar-refractivity contribution in [2.45, 2.75) is 47.2 Å². The van der Waals surface area contributed by atoms with Crippen molar-refractivity contribution >= 4 is 7.60 Å². The van der Waals surface area contributed by atoms with Crippen molar-refractivity contribution in [3.63, 3.8) is 0 Å². The number of rotatable bonds is 5.